The van der Waals surface area contributed by atoms with Gasteiger partial charge >= 0.3 is 0 Å². The van der Waals surface area contributed by atoms with Gasteiger partial charge in [0.15, 0.2) is 0 Å². The summed E-state index contributed by atoms with van der Waals surface area (Å²) >= 11 is 0. The minimum Gasteiger partial charge on any atom is -0.319 e. The Bertz CT molecular complexity index is 608. The van der Waals surface area contributed by atoms with Gasteiger partial charge in [-0.2, -0.15) is 0 Å². The van der Waals surface area contributed by atoms with Gasteiger partial charge in [0, 0.05) is 12.1 Å². The normalized spacial score (nSPS) is 11.4. The van der Waals surface area contributed by atoms with Gasteiger partial charge in [-0.05, 0) is 29.5 Å². The summed E-state index contributed by atoms with van der Waals surface area (Å²) < 4.78 is 0. The number of anilines is 1. The first-order valence-corrected chi connectivity index (χ1v) is 7.23. The molecule has 0 atom stereocenters. The molecule has 0 fully saturated rings. The number of aromatic nitrogens is 3. The van der Waals surface area contributed by atoms with Gasteiger partial charge in [-0.1, -0.05) is 39.8 Å². The monoisotopic (exact) mass is 286 g/mol. The molecule has 5 nitrogen and oxygen atoms in total. The molecule has 1 heterocycles. The zero-order valence-corrected chi connectivity index (χ0v) is 13.0. The number of amides is 1. The smallest absolute Gasteiger partial charge is 0.295 e. The summed E-state index contributed by atoms with van der Waals surface area (Å²) in [6.45, 7) is 8.52. The fourth-order valence-electron chi connectivity index (χ4n) is 1.99. The van der Waals surface area contributed by atoms with Gasteiger partial charge in [-0.15, -0.1) is 5.10 Å². The van der Waals surface area contributed by atoms with E-state index >= 15 is 0 Å². The molecule has 0 aliphatic rings. The number of carbonyl (C=O) groups excluding carboxylic acids is 1. The molecule has 1 amide bonds. The van der Waals surface area contributed by atoms with E-state index in [-0.39, 0.29) is 17.1 Å². The third kappa shape index (κ3) is 3.90. The Labute approximate surface area is 125 Å². The lowest BCUT2D eigenvalue weighted by molar-refractivity contribution is 0.101. The molecule has 0 aliphatic heterocycles. The molecular weight excluding hydrogens is 264 g/mol. The van der Waals surface area contributed by atoms with Crippen molar-refractivity contribution in [3.63, 3.8) is 0 Å². The summed E-state index contributed by atoms with van der Waals surface area (Å²) in [5.41, 5.74) is 2.07. The first kappa shape index (κ1) is 15.2. The van der Waals surface area contributed by atoms with Gasteiger partial charge in [0.2, 0.25) is 5.82 Å². The Morgan fingerprint density at radius 1 is 1.24 bits per heavy atom. The molecule has 21 heavy (non-hydrogen) atoms. The Balaban J connectivity index is 2.05. The molecule has 1 aromatic carbocycles. The highest BCUT2D eigenvalue weighted by molar-refractivity contribution is 6.01. The van der Waals surface area contributed by atoms with Crippen LogP contribution >= 0.6 is 0 Å². The number of carbonyl (C=O) groups is 1. The molecule has 5 heteroatoms. The van der Waals surface area contributed by atoms with E-state index < -0.39 is 0 Å². The molecule has 0 spiro atoms. The van der Waals surface area contributed by atoms with Gasteiger partial charge in [-0.25, -0.2) is 4.98 Å². The molecule has 0 radical (unpaired) electrons. The maximum atomic E-state index is 12.1. The lowest BCUT2D eigenvalue weighted by Crippen LogP contribution is -2.15. The van der Waals surface area contributed by atoms with Crippen LogP contribution in [0.4, 0.5) is 5.69 Å². The number of benzene rings is 1. The maximum absolute atomic E-state index is 12.1. The van der Waals surface area contributed by atoms with Crippen molar-refractivity contribution in [3.05, 3.63) is 41.5 Å². The van der Waals surface area contributed by atoms with Crippen LogP contribution in [0.3, 0.4) is 0 Å². The number of aryl methyl sites for hydroxylation is 1. The van der Waals surface area contributed by atoms with Crippen LogP contribution in [-0.4, -0.2) is 21.1 Å². The minimum absolute atomic E-state index is 0.0986. The van der Waals surface area contributed by atoms with Crippen molar-refractivity contribution in [2.24, 2.45) is 0 Å². The molecule has 2 aromatic rings. The summed E-state index contributed by atoms with van der Waals surface area (Å²) in [5.74, 6) is 0.626. The Morgan fingerprint density at radius 3 is 2.48 bits per heavy atom. The molecule has 0 saturated carbocycles. The van der Waals surface area contributed by atoms with E-state index in [1.165, 1.54) is 5.56 Å². The second kappa shape index (κ2) is 6.08. The number of nitrogens with one attached hydrogen (secondary N) is 2. The molecule has 0 unspecified atom stereocenters. The fraction of sp³-hybridized carbons (Fsp3) is 0.438. The van der Waals surface area contributed by atoms with Crippen molar-refractivity contribution in [3.8, 4) is 0 Å². The third-order valence-electron chi connectivity index (χ3n) is 3.23. The molecule has 0 saturated heterocycles. The largest absolute Gasteiger partial charge is 0.319 e. The van der Waals surface area contributed by atoms with Crippen LogP contribution in [-0.2, 0) is 11.8 Å². The maximum Gasteiger partial charge on any atom is 0.295 e. The van der Waals surface area contributed by atoms with Crippen LogP contribution in [0.2, 0.25) is 0 Å². The highest BCUT2D eigenvalue weighted by Gasteiger charge is 2.15. The SMILES string of the molecule is CCCc1nc(C(=O)Nc2ccc(C(C)(C)C)cc2)n[nH]1. The van der Waals surface area contributed by atoms with E-state index in [2.05, 4.69) is 48.2 Å². The number of H-pyrrole nitrogens is 1. The van der Waals surface area contributed by atoms with Crippen LogP contribution < -0.4 is 5.32 Å². The van der Waals surface area contributed by atoms with E-state index in [4.69, 9.17) is 0 Å². The summed E-state index contributed by atoms with van der Waals surface area (Å²) in [5, 5.41) is 9.53. The van der Waals surface area contributed by atoms with Gasteiger partial charge in [-0.3, -0.25) is 9.89 Å². The molecule has 2 N–H and O–H groups in total. The highest BCUT2D eigenvalue weighted by Crippen LogP contribution is 2.23. The van der Waals surface area contributed by atoms with Crippen molar-refractivity contribution in [1.82, 2.24) is 15.2 Å². The second-order valence-electron chi connectivity index (χ2n) is 6.14. The number of nitrogens with zero attached hydrogens (tertiary/aromatic N) is 2. The van der Waals surface area contributed by atoms with Crippen molar-refractivity contribution >= 4 is 11.6 Å². The van der Waals surface area contributed by atoms with Crippen LogP contribution in [0.15, 0.2) is 24.3 Å². The number of rotatable bonds is 4. The summed E-state index contributed by atoms with van der Waals surface area (Å²) in [4.78, 5) is 16.2. The standard InChI is InChI=1S/C16H22N4O/c1-5-6-13-18-14(20-19-13)15(21)17-12-9-7-11(8-10-12)16(2,3)4/h7-10H,5-6H2,1-4H3,(H,17,21)(H,18,19,20). The predicted octanol–water partition coefficient (Wildman–Crippen LogP) is 3.31. The lowest BCUT2D eigenvalue weighted by atomic mass is 9.87. The molecule has 112 valence electrons. The average molecular weight is 286 g/mol. The van der Waals surface area contributed by atoms with E-state index in [0.717, 1.165) is 24.4 Å². The molecular formula is C16H22N4O. The van der Waals surface area contributed by atoms with Gasteiger partial charge in [0.25, 0.3) is 5.91 Å². The average Bonchev–Trinajstić information content (AvgIpc) is 2.87. The summed E-state index contributed by atoms with van der Waals surface area (Å²) in [7, 11) is 0. The second-order valence-corrected chi connectivity index (χ2v) is 6.14. The molecule has 2 rings (SSSR count). The van der Waals surface area contributed by atoms with Crippen molar-refractivity contribution in [1.29, 1.82) is 0 Å². The summed E-state index contributed by atoms with van der Waals surface area (Å²) in [6, 6.07) is 7.85. The zero-order valence-electron chi connectivity index (χ0n) is 13.0. The topological polar surface area (TPSA) is 70.7 Å². The van der Waals surface area contributed by atoms with Crippen LogP contribution in [0.5, 0.6) is 0 Å². The lowest BCUT2D eigenvalue weighted by Gasteiger charge is -2.19. The third-order valence-corrected chi connectivity index (χ3v) is 3.23. The van der Waals surface area contributed by atoms with E-state index in [1.54, 1.807) is 0 Å². The summed E-state index contributed by atoms with van der Waals surface area (Å²) in [6.07, 6.45) is 1.76. The Hall–Kier alpha value is -2.17. The van der Waals surface area contributed by atoms with E-state index in [9.17, 15) is 4.79 Å². The van der Waals surface area contributed by atoms with E-state index in [1.807, 2.05) is 24.3 Å². The molecule has 0 aliphatic carbocycles. The van der Waals surface area contributed by atoms with Gasteiger partial charge < -0.3 is 5.32 Å². The zero-order chi connectivity index (χ0) is 15.5. The predicted molar refractivity (Wildman–Crippen MR) is 83.5 cm³/mol. The Kier molecular flexibility index (Phi) is 4.40. The van der Waals surface area contributed by atoms with E-state index in [0.29, 0.717) is 0 Å². The first-order chi connectivity index (χ1) is 9.90. The van der Waals surface area contributed by atoms with Crippen molar-refractivity contribution in [2.45, 2.75) is 46.0 Å². The van der Waals surface area contributed by atoms with Gasteiger partial charge in [0.1, 0.15) is 5.82 Å². The number of hydrogen-bond donors (Lipinski definition) is 2. The van der Waals surface area contributed by atoms with Gasteiger partial charge in [0.05, 0.1) is 0 Å². The fourth-order valence-corrected chi connectivity index (χ4v) is 1.99. The van der Waals surface area contributed by atoms with Crippen molar-refractivity contribution < 1.29 is 4.79 Å². The quantitative estimate of drug-likeness (QED) is 0.905. The number of aromatic amines is 1. The highest BCUT2D eigenvalue weighted by atomic mass is 16.2. The van der Waals surface area contributed by atoms with Crippen LogP contribution in [0.1, 0.15) is 56.1 Å². The Morgan fingerprint density at radius 2 is 1.90 bits per heavy atom. The van der Waals surface area contributed by atoms with Crippen molar-refractivity contribution in [2.75, 3.05) is 5.32 Å². The van der Waals surface area contributed by atoms with Crippen LogP contribution in [0, 0.1) is 0 Å². The molecule has 0 bridgehead atoms. The minimum atomic E-state index is -0.294. The first-order valence-electron chi connectivity index (χ1n) is 7.23. The van der Waals surface area contributed by atoms with Crippen LogP contribution in [0.25, 0.3) is 0 Å². The number of hydrogen-bond acceptors (Lipinski definition) is 3. The molecule has 1 aromatic heterocycles.